The summed E-state index contributed by atoms with van der Waals surface area (Å²) in [5.41, 5.74) is 1.35. The first-order chi connectivity index (χ1) is 8.01. The van der Waals surface area contributed by atoms with E-state index in [2.05, 4.69) is 9.88 Å². The molecule has 0 spiro atoms. The minimum atomic E-state index is -0.411. The Morgan fingerprint density at radius 3 is 2.53 bits per heavy atom. The van der Waals surface area contributed by atoms with E-state index in [0.717, 1.165) is 24.2 Å². The summed E-state index contributed by atoms with van der Waals surface area (Å²) in [7, 11) is 0. The van der Waals surface area contributed by atoms with E-state index in [1.807, 2.05) is 26.8 Å². The third-order valence-electron chi connectivity index (χ3n) is 3.59. The molecule has 0 aromatic carbocycles. The second-order valence-corrected chi connectivity index (χ2v) is 5.33. The molecule has 1 fully saturated rings. The minimum Gasteiger partial charge on any atom is -0.292 e. The molecule has 0 aliphatic carbocycles. The summed E-state index contributed by atoms with van der Waals surface area (Å²) in [5, 5.41) is 0. The van der Waals surface area contributed by atoms with Gasteiger partial charge in [-0.1, -0.05) is 0 Å². The van der Waals surface area contributed by atoms with Crippen molar-refractivity contribution in [1.82, 2.24) is 9.88 Å². The molecule has 1 aliphatic rings. The molecule has 3 heteroatoms. The Hall–Kier alpha value is -1.22. The van der Waals surface area contributed by atoms with Gasteiger partial charge in [0.15, 0.2) is 5.78 Å². The van der Waals surface area contributed by atoms with Gasteiger partial charge in [-0.15, -0.1) is 0 Å². The number of nitrogens with zero attached hydrogens (tertiary/aromatic N) is 2. The van der Waals surface area contributed by atoms with Crippen molar-refractivity contribution in [2.45, 2.75) is 39.2 Å². The Bertz CT molecular complexity index is 420. The Morgan fingerprint density at radius 2 is 1.94 bits per heavy atom. The lowest BCUT2D eigenvalue weighted by atomic mass is 9.92. The van der Waals surface area contributed by atoms with Gasteiger partial charge in [0.1, 0.15) is 0 Å². The topological polar surface area (TPSA) is 33.2 Å². The molecule has 1 aromatic heterocycles. The number of hydrogen-bond donors (Lipinski definition) is 0. The first kappa shape index (κ1) is 12.2. The average molecular weight is 232 g/mol. The maximum absolute atomic E-state index is 12.5. The molecule has 0 bridgehead atoms. The summed E-state index contributed by atoms with van der Waals surface area (Å²) in [6, 6.07) is 1.92. The number of aryl methyl sites for hydroxylation is 1. The van der Waals surface area contributed by atoms with E-state index in [9.17, 15) is 4.79 Å². The zero-order valence-corrected chi connectivity index (χ0v) is 10.9. The second kappa shape index (κ2) is 4.57. The number of ketones is 1. The van der Waals surface area contributed by atoms with E-state index in [1.165, 1.54) is 12.8 Å². The summed E-state index contributed by atoms with van der Waals surface area (Å²) in [6.45, 7) is 8.05. The molecule has 2 rings (SSSR count). The van der Waals surface area contributed by atoms with Crippen LogP contribution < -0.4 is 0 Å². The number of carbonyl (C=O) groups excluding carboxylic acids is 1. The van der Waals surface area contributed by atoms with E-state index in [1.54, 1.807) is 12.4 Å². The van der Waals surface area contributed by atoms with Crippen LogP contribution in [0.4, 0.5) is 0 Å². The third kappa shape index (κ3) is 2.39. The van der Waals surface area contributed by atoms with Crippen molar-refractivity contribution < 1.29 is 4.79 Å². The monoisotopic (exact) mass is 232 g/mol. The van der Waals surface area contributed by atoms with Crippen LogP contribution in [0.2, 0.25) is 0 Å². The summed E-state index contributed by atoms with van der Waals surface area (Å²) >= 11 is 0. The largest absolute Gasteiger partial charge is 0.292 e. The lowest BCUT2D eigenvalue weighted by Crippen LogP contribution is -2.48. The standard InChI is InChI=1S/C14H20N2O/c1-11-8-12(10-15-9-11)13(17)14(2,3)16-6-4-5-7-16/h8-10H,4-7H2,1-3H3. The highest BCUT2D eigenvalue weighted by Crippen LogP contribution is 2.24. The molecule has 0 saturated carbocycles. The van der Waals surface area contributed by atoms with Gasteiger partial charge >= 0.3 is 0 Å². The Balaban J connectivity index is 2.24. The fraction of sp³-hybridized carbons (Fsp3) is 0.571. The molecule has 0 amide bonds. The Labute approximate surface area is 103 Å². The molecule has 0 N–H and O–H groups in total. The van der Waals surface area contributed by atoms with Gasteiger partial charge in [0.25, 0.3) is 0 Å². The molecule has 2 heterocycles. The molecule has 3 nitrogen and oxygen atoms in total. The molecule has 1 aromatic rings. The number of hydrogen-bond acceptors (Lipinski definition) is 3. The zero-order chi connectivity index (χ0) is 12.5. The molecule has 0 unspecified atom stereocenters. The minimum absolute atomic E-state index is 0.176. The Morgan fingerprint density at radius 1 is 1.29 bits per heavy atom. The van der Waals surface area contributed by atoms with Crippen molar-refractivity contribution in [2.24, 2.45) is 0 Å². The summed E-state index contributed by atoms with van der Waals surface area (Å²) in [6.07, 6.45) is 5.85. The fourth-order valence-electron chi connectivity index (χ4n) is 2.45. The van der Waals surface area contributed by atoms with Crippen molar-refractivity contribution in [3.8, 4) is 0 Å². The molecule has 1 saturated heterocycles. The maximum atomic E-state index is 12.5. The van der Waals surface area contributed by atoms with Gasteiger partial charge in [0, 0.05) is 18.0 Å². The van der Waals surface area contributed by atoms with Gasteiger partial charge in [-0.2, -0.15) is 0 Å². The normalized spacial score (nSPS) is 17.4. The van der Waals surface area contributed by atoms with Gasteiger partial charge < -0.3 is 0 Å². The number of aromatic nitrogens is 1. The van der Waals surface area contributed by atoms with Crippen LogP contribution in [-0.4, -0.2) is 34.3 Å². The van der Waals surface area contributed by atoms with E-state index in [-0.39, 0.29) is 5.78 Å². The lowest BCUT2D eigenvalue weighted by molar-refractivity contribution is 0.0702. The van der Waals surface area contributed by atoms with Gasteiger partial charge in [0.2, 0.25) is 0 Å². The van der Waals surface area contributed by atoms with Crippen LogP contribution in [0.15, 0.2) is 18.5 Å². The van der Waals surface area contributed by atoms with Crippen LogP contribution in [0.5, 0.6) is 0 Å². The van der Waals surface area contributed by atoms with E-state index >= 15 is 0 Å². The number of carbonyl (C=O) groups is 1. The van der Waals surface area contributed by atoms with Crippen LogP contribution in [0.1, 0.15) is 42.6 Å². The van der Waals surface area contributed by atoms with Crippen molar-refractivity contribution in [1.29, 1.82) is 0 Å². The summed E-state index contributed by atoms with van der Waals surface area (Å²) in [4.78, 5) is 18.9. The zero-order valence-electron chi connectivity index (χ0n) is 10.9. The van der Waals surface area contributed by atoms with Gasteiger partial charge in [-0.05, 0) is 58.3 Å². The van der Waals surface area contributed by atoms with E-state index in [0.29, 0.717) is 0 Å². The molecule has 92 valence electrons. The van der Waals surface area contributed by atoms with Crippen LogP contribution in [-0.2, 0) is 0 Å². The lowest BCUT2D eigenvalue weighted by Gasteiger charge is -2.33. The van der Waals surface area contributed by atoms with Crippen molar-refractivity contribution in [2.75, 3.05) is 13.1 Å². The summed E-state index contributed by atoms with van der Waals surface area (Å²) < 4.78 is 0. The second-order valence-electron chi connectivity index (χ2n) is 5.33. The van der Waals surface area contributed by atoms with Crippen LogP contribution >= 0.6 is 0 Å². The summed E-state index contributed by atoms with van der Waals surface area (Å²) in [5.74, 6) is 0.176. The quantitative estimate of drug-likeness (QED) is 0.750. The predicted molar refractivity (Wildman–Crippen MR) is 68.2 cm³/mol. The predicted octanol–water partition coefficient (Wildman–Crippen LogP) is 2.45. The van der Waals surface area contributed by atoms with Gasteiger partial charge in [-0.25, -0.2) is 0 Å². The molecule has 0 atom stereocenters. The molecule has 17 heavy (non-hydrogen) atoms. The highest BCUT2D eigenvalue weighted by atomic mass is 16.1. The molecule has 0 radical (unpaired) electrons. The van der Waals surface area contributed by atoms with E-state index in [4.69, 9.17) is 0 Å². The van der Waals surface area contributed by atoms with Crippen molar-refractivity contribution in [3.63, 3.8) is 0 Å². The van der Waals surface area contributed by atoms with Gasteiger partial charge in [0.05, 0.1) is 5.54 Å². The maximum Gasteiger partial charge on any atom is 0.184 e. The molecular weight excluding hydrogens is 212 g/mol. The molecular formula is C14H20N2O. The van der Waals surface area contributed by atoms with Crippen LogP contribution in [0, 0.1) is 6.92 Å². The van der Waals surface area contributed by atoms with Gasteiger partial charge in [-0.3, -0.25) is 14.7 Å². The smallest absolute Gasteiger partial charge is 0.184 e. The molecule has 1 aliphatic heterocycles. The van der Waals surface area contributed by atoms with Crippen molar-refractivity contribution in [3.05, 3.63) is 29.6 Å². The van der Waals surface area contributed by atoms with Crippen molar-refractivity contribution >= 4 is 5.78 Å². The SMILES string of the molecule is Cc1cncc(C(=O)C(C)(C)N2CCCC2)c1. The average Bonchev–Trinajstić information content (AvgIpc) is 2.82. The fourth-order valence-corrected chi connectivity index (χ4v) is 2.45. The van der Waals surface area contributed by atoms with E-state index < -0.39 is 5.54 Å². The van der Waals surface area contributed by atoms with Crippen LogP contribution in [0.25, 0.3) is 0 Å². The first-order valence-electron chi connectivity index (χ1n) is 6.23. The highest BCUT2D eigenvalue weighted by Gasteiger charge is 2.36. The number of pyridine rings is 1. The van der Waals surface area contributed by atoms with Crippen LogP contribution in [0.3, 0.4) is 0 Å². The number of rotatable bonds is 3. The highest BCUT2D eigenvalue weighted by molar-refractivity contribution is 6.02. The number of likely N-dealkylation sites (tertiary alicyclic amines) is 1. The number of Topliss-reactive ketones (excluding diaryl/α,β-unsaturated/α-hetero) is 1. The Kier molecular flexibility index (Phi) is 3.29. The third-order valence-corrected chi connectivity index (χ3v) is 3.59. The first-order valence-corrected chi connectivity index (χ1v) is 6.23.